The Labute approximate surface area is 106 Å². The summed E-state index contributed by atoms with van der Waals surface area (Å²) in [5.74, 6) is 0. The van der Waals surface area contributed by atoms with Crippen molar-refractivity contribution >= 4 is 16.3 Å². The number of aryl methyl sites for hydroxylation is 2. The van der Waals surface area contributed by atoms with E-state index in [-0.39, 0.29) is 0 Å². The van der Waals surface area contributed by atoms with Crippen molar-refractivity contribution in [2.24, 2.45) is 0 Å². The van der Waals surface area contributed by atoms with Gasteiger partial charge in [0.2, 0.25) is 0 Å². The van der Waals surface area contributed by atoms with E-state index in [2.05, 4.69) is 34.7 Å². The van der Waals surface area contributed by atoms with Crippen LogP contribution in [0.4, 0.5) is 0 Å². The van der Waals surface area contributed by atoms with Gasteiger partial charge in [0.15, 0.2) is 4.96 Å². The molecule has 1 aliphatic rings. The Morgan fingerprint density at radius 3 is 2.94 bits per heavy atom. The van der Waals surface area contributed by atoms with Gasteiger partial charge in [-0.3, -0.25) is 4.40 Å². The molecule has 3 nitrogen and oxygen atoms in total. The van der Waals surface area contributed by atoms with Crippen LogP contribution in [-0.4, -0.2) is 15.4 Å². The van der Waals surface area contributed by atoms with Gasteiger partial charge in [-0.1, -0.05) is 12.8 Å². The molecule has 0 unspecified atom stereocenters. The molecule has 0 atom stereocenters. The Bertz CT molecular complexity index is 520. The molecule has 2 aromatic heterocycles. The normalized spacial score (nSPS) is 17.3. The Hall–Kier alpha value is -0.870. The average molecular weight is 249 g/mol. The van der Waals surface area contributed by atoms with Gasteiger partial charge >= 0.3 is 0 Å². The highest BCUT2D eigenvalue weighted by atomic mass is 32.1. The Morgan fingerprint density at radius 1 is 1.41 bits per heavy atom. The fourth-order valence-corrected chi connectivity index (χ4v) is 3.58. The first-order valence-electron chi connectivity index (χ1n) is 6.41. The molecule has 2 heterocycles. The number of aromatic nitrogens is 2. The van der Waals surface area contributed by atoms with Gasteiger partial charge in [0.05, 0.1) is 11.4 Å². The minimum absolute atomic E-state index is 0.722. The Morgan fingerprint density at radius 2 is 2.18 bits per heavy atom. The maximum Gasteiger partial charge on any atom is 0.194 e. The summed E-state index contributed by atoms with van der Waals surface area (Å²) in [5, 5.41) is 3.67. The van der Waals surface area contributed by atoms with Gasteiger partial charge in [0, 0.05) is 23.7 Å². The molecule has 3 rings (SSSR count). The van der Waals surface area contributed by atoms with Gasteiger partial charge in [0.1, 0.15) is 0 Å². The van der Waals surface area contributed by atoms with Crippen molar-refractivity contribution in [1.29, 1.82) is 0 Å². The predicted molar refractivity (Wildman–Crippen MR) is 71.6 cm³/mol. The average Bonchev–Trinajstić information content (AvgIpc) is 2.93. The molecular weight excluding hydrogens is 230 g/mol. The van der Waals surface area contributed by atoms with Gasteiger partial charge < -0.3 is 5.32 Å². The number of rotatable bonds is 3. The second-order valence-electron chi connectivity index (χ2n) is 5.00. The number of hydrogen-bond donors (Lipinski definition) is 1. The zero-order chi connectivity index (χ0) is 11.8. The fourth-order valence-electron chi connectivity index (χ4n) is 2.69. The third-order valence-electron chi connectivity index (χ3n) is 3.65. The molecule has 0 bridgehead atoms. The van der Waals surface area contributed by atoms with E-state index in [0.29, 0.717) is 0 Å². The molecule has 0 aromatic carbocycles. The molecule has 1 fully saturated rings. The van der Waals surface area contributed by atoms with Crippen LogP contribution in [0.3, 0.4) is 0 Å². The highest BCUT2D eigenvalue weighted by Gasteiger charge is 2.16. The lowest BCUT2D eigenvalue weighted by Gasteiger charge is -2.11. The van der Waals surface area contributed by atoms with Crippen molar-refractivity contribution in [3.05, 3.63) is 22.5 Å². The summed E-state index contributed by atoms with van der Waals surface area (Å²) in [7, 11) is 0. The molecule has 1 aliphatic carbocycles. The number of thiazole rings is 1. The quantitative estimate of drug-likeness (QED) is 0.906. The third kappa shape index (κ3) is 2.11. The van der Waals surface area contributed by atoms with E-state index in [9.17, 15) is 0 Å². The van der Waals surface area contributed by atoms with Crippen LogP contribution in [0, 0.1) is 13.8 Å². The molecule has 92 valence electrons. The first-order chi connectivity index (χ1) is 8.24. The molecule has 1 N–H and O–H groups in total. The van der Waals surface area contributed by atoms with E-state index in [1.807, 2.05) is 0 Å². The molecule has 2 aromatic rings. The standard InChI is InChI=1S/C13H19N3S/c1-9-8-16-12(10(2)15-13(16)17-9)7-14-11-5-3-4-6-11/h8,11,14H,3-7H2,1-2H3. The third-order valence-corrected chi connectivity index (χ3v) is 4.55. The van der Waals surface area contributed by atoms with Crippen molar-refractivity contribution in [2.45, 2.75) is 52.1 Å². The summed E-state index contributed by atoms with van der Waals surface area (Å²) in [6, 6.07) is 0.722. The molecule has 0 amide bonds. The lowest BCUT2D eigenvalue weighted by atomic mass is 10.2. The molecule has 0 aliphatic heterocycles. The minimum atomic E-state index is 0.722. The van der Waals surface area contributed by atoms with Crippen LogP contribution >= 0.6 is 11.3 Å². The van der Waals surface area contributed by atoms with E-state index >= 15 is 0 Å². The lowest BCUT2D eigenvalue weighted by Crippen LogP contribution is -2.26. The van der Waals surface area contributed by atoms with E-state index in [1.54, 1.807) is 11.3 Å². The number of nitrogens with one attached hydrogen (secondary N) is 1. The maximum atomic E-state index is 4.62. The second kappa shape index (κ2) is 4.42. The van der Waals surface area contributed by atoms with Crippen molar-refractivity contribution in [2.75, 3.05) is 0 Å². The Kier molecular flexibility index (Phi) is 2.92. The summed E-state index contributed by atoms with van der Waals surface area (Å²) in [6.07, 6.45) is 7.64. The molecule has 1 saturated carbocycles. The van der Waals surface area contributed by atoms with Crippen LogP contribution in [-0.2, 0) is 6.54 Å². The van der Waals surface area contributed by atoms with Crippen molar-refractivity contribution in [1.82, 2.24) is 14.7 Å². The van der Waals surface area contributed by atoms with Gasteiger partial charge in [-0.05, 0) is 26.7 Å². The first-order valence-corrected chi connectivity index (χ1v) is 7.23. The van der Waals surface area contributed by atoms with Crippen LogP contribution in [0.25, 0.3) is 4.96 Å². The van der Waals surface area contributed by atoms with Gasteiger partial charge in [-0.25, -0.2) is 4.98 Å². The highest BCUT2D eigenvalue weighted by Crippen LogP contribution is 2.22. The number of nitrogens with zero attached hydrogens (tertiary/aromatic N) is 2. The highest BCUT2D eigenvalue weighted by molar-refractivity contribution is 7.17. The number of fused-ring (bicyclic) bond motifs is 1. The zero-order valence-electron chi connectivity index (χ0n) is 10.5. The van der Waals surface area contributed by atoms with Crippen LogP contribution in [0.15, 0.2) is 6.20 Å². The van der Waals surface area contributed by atoms with Crippen LogP contribution in [0.1, 0.15) is 41.9 Å². The second-order valence-corrected chi connectivity index (χ2v) is 6.21. The smallest absolute Gasteiger partial charge is 0.194 e. The molecule has 0 spiro atoms. The molecule has 4 heteroatoms. The minimum Gasteiger partial charge on any atom is -0.308 e. The molecule has 17 heavy (non-hydrogen) atoms. The zero-order valence-corrected chi connectivity index (χ0v) is 11.3. The summed E-state index contributed by atoms with van der Waals surface area (Å²) in [6.45, 7) is 5.21. The predicted octanol–water partition coefficient (Wildman–Crippen LogP) is 3.04. The topological polar surface area (TPSA) is 29.3 Å². The summed E-state index contributed by atoms with van der Waals surface area (Å²) >= 11 is 1.77. The van der Waals surface area contributed by atoms with Crippen molar-refractivity contribution in [3.8, 4) is 0 Å². The van der Waals surface area contributed by atoms with E-state index in [4.69, 9.17) is 0 Å². The van der Waals surface area contributed by atoms with Crippen LogP contribution in [0.5, 0.6) is 0 Å². The SMILES string of the molecule is Cc1cn2c(CNC3CCCC3)c(C)nc2s1. The van der Waals surface area contributed by atoms with E-state index in [1.165, 1.54) is 41.9 Å². The largest absolute Gasteiger partial charge is 0.308 e. The van der Waals surface area contributed by atoms with Gasteiger partial charge in [0.25, 0.3) is 0 Å². The summed E-state index contributed by atoms with van der Waals surface area (Å²) < 4.78 is 2.25. The van der Waals surface area contributed by atoms with Crippen LogP contribution < -0.4 is 5.32 Å². The van der Waals surface area contributed by atoms with Gasteiger partial charge in [-0.2, -0.15) is 0 Å². The summed E-state index contributed by atoms with van der Waals surface area (Å²) in [5.41, 5.74) is 2.50. The fraction of sp³-hybridized carbons (Fsp3) is 0.615. The van der Waals surface area contributed by atoms with E-state index in [0.717, 1.165) is 17.5 Å². The van der Waals surface area contributed by atoms with Crippen molar-refractivity contribution < 1.29 is 0 Å². The number of imidazole rings is 1. The van der Waals surface area contributed by atoms with E-state index < -0.39 is 0 Å². The molecule has 0 radical (unpaired) electrons. The maximum absolute atomic E-state index is 4.62. The van der Waals surface area contributed by atoms with Crippen LogP contribution in [0.2, 0.25) is 0 Å². The van der Waals surface area contributed by atoms with Crippen molar-refractivity contribution in [3.63, 3.8) is 0 Å². The Balaban J connectivity index is 1.80. The monoisotopic (exact) mass is 249 g/mol. The summed E-state index contributed by atoms with van der Waals surface area (Å²) in [4.78, 5) is 7.08. The van der Waals surface area contributed by atoms with Gasteiger partial charge in [-0.15, -0.1) is 11.3 Å². The number of hydrogen-bond acceptors (Lipinski definition) is 3. The lowest BCUT2D eigenvalue weighted by molar-refractivity contribution is 0.517. The first kappa shape index (κ1) is 11.2. The molecule has 0 saturated heterocycles. The molecular formula is C13H19N3S.